The van der Waals surface area contributed by atoms with Gasteiger partial charge in [0.05, 0.1) is 18.2 Å². The first-order chi connectivity index (χ1) is 17.9. The number of ketones is 2. The third kappa shape index (κ3) is 7.50. The van der Waals surface area contributed by atoms with Gasteiger partial charge in [0.15, 0.2) is 23.2 Å². The summed E-state index contributed by atoms with van der Waals surface area (Å²) in [7, 11) is -3.42. The first-order valence-electron chi connectivity index (χ1n) is 12.3. The highest BCUT2D eigenvalue weighted by Crippen LogP contribution is 2.28. The summed E-state index contributed by atoms with van der Waals surface area (Å²) < 4.78 is 86.0. The number of carboxylic acid groups (broad SMARTS) is 1. The zero-order valence-corrected chi connectivity index (χ0v) is 21.5. The third-order valence-electron chi connectivity index (χ3n) is 6.85. The lowest BCUT2D eigenvalue weighted by Crippen LogP contribution is -2.52. The maximum absolute atomic E-state index is 13.8. The molecule has 0 aromatic heterocycles. The van der Waals surface area contributed by atoms with Gasteiger partial charge in [0.2, 0.25) is 21.7 Å². The topological polar surface area (TPSA) is 121 Å². The van der Waals surface area contributed by atoms with Crippen molar-refractivity contribution in [2.45, 2.75) is 50.2 Å². The molecule has 1 atom stereocenters. The van der Waals surface area contributed by atoms with Crippen molar-refractivity contribution in [1.82, 2.24) is 9.21 Å². The van der Waals surface area contributed by atoms with Crippen molar-refractivity contribution in [1.29, 1.82) is 0 Å². The summed E-state index contributed by atoms with van der Waals surface area (Å²) in [6.45, 7) is -0.290. The number of carbonyl (C=O) groups is 3. The van der Waals surface area contributed by atoms with Gasteiger partial charge in [-0.1, -0.05) is 19.3 Å². The summed E-state index contributed by atoms with van der Waals surface area (Å²) in [6, 6.07) is -0.0313. The lowest BCUT2D eigenvalue weighted by molar-refractivity contribution is -0.141. The molecule has 1 saturated heterocycles. The highest BCUT2D eigenvalue weighted by atomic mass is 32.2. The number of ether oxygens (including phenoxy) is 1. The zero-order chi connectivity index (χ0) is 28.0. The Kier molecular flexibility index (Phi) is 10.2. The Morgan fingerprint density at radius 2 is 1.53 bits per heavy atom. The van der Waals surface area contributed by atoms with Crippen molar-refractivity contribution < 1.29 is 50.2 Å². The summed E-state index contributed by atoms with van der Waals surface area (Å²) in [5.41, 5.74) is 0. The molecule has 1 N–H and O–H groups in total. The van der Waals surface area contributed by atoms with Gasteiger partial charge < -0.3 is 9.84 Å². The number of carboxylic acids is 1. The molecule has 3 rings (SSSR count). The minimum Gasteiger partial charge on any atom is -0.481 e. The molecule has 1 aliphatic heterocycles. The number of piperazine rings is 1. The average Bonchev–Trinajstić information content (AvgIpc) is 2.87. The first kappa shape index (κ1) is 30.0. The molecule has 0 unspecified atom stereocenters. The summed E-state index contributed by atoms with van der Waals surface area (Å²) in [6.07, 6.45) is 2.76. The molecule has 1 aromatic rings. The van der Waals surface area contributed by atoms with E-state index in [4.69, 9.17) is 5.11 Å². The van der Waals surface area contributed by atoms with E-state index in [0.717, 1.165) is 19.3 Å². The quantitative estimate of drug-likeness (QED) is 0.303. The number of hydrogen-bond acceptors (Lipinski definition) is 7. The van der Waals surface area contributed by atoms with Crippen molar-refractivity contribution in [2.75, 3.05) is 39.3 Å². The van der Waals surface area contributed by atoms with Gasteiger partial charge in [-0.05, 0) is 12.8 Å². The molecule has 14 heteroatoms. The fourth-order valence-electron chi connectivity index (χ4n) is 4.75. The largest absolute Gasteiger partial charge is 0.481 e. The van der Waals surface area contributed by atoms with Gasteiger partial charge in [0.1, 0.15) is 12.4 Å². The van der Waals surface area contributed by atoms with Gasteiger partial charge >= 0.3 is 5.97 Å². The predicted octanol–water partition coefficient (Wildman–Crippen LogP) is 2.52. The van der Waals surface area contributed by atoms with Gasteiger partial charge in [0.25, 0.3) is 0 Å². The van der Waals surface area contributed by atoms with E-state index < -0.39 is 81.9 Å². The minimum absolute atomic E-state index is 0.0313. The Bertz CT molecular complexity index is 1120. The Labute approximate surface area is 217 Å². The van der Waals surface area contributed by atoms with E-state index in [0.29, 0.717) is 12.8 Å². The molecule has 1 aliphatic carbocycles. The lowest BCUT2D eigenvalue weighted by atomic mass is 9.94. The molecule has 1 aromatic carbocycles. The second-order valence-electron chi connectivity index (χ2n) is 9.57. The average molecular weight is 567 g/mol. The van der Waals surface area contributed by atoms with Crippen LogP contribution >= 0.6 is 0 Å². The first-order valence-corrected chi connectivity index (χ1v) is 13.8. The van der Waals surface area contributed by atoms with E-state index in [1.165, 1.54) is 4.31 Å². The molecular formula is C24H30F4N2O7S. The van der Waals surface area contributed by atoms with Crippen molar-refractivity contribution >= 4 is 27.6 Å². The van der Waals surface area contributed by atoms with Crippen LogP contribution in [0.25, 0.3) is 0 Å². The summed E-state index contributed by atoms with van der Waals surface area (Å²) >= 11 is 0. The van der Waals surface area contributed by atoms with E-state index in [1.54, 1.807) is 4.90 Å². The van der Waals surface area contributed by atoms with Crippen LogP contribution in [0.4, 0.5) is 17.6 Å². The molecule has 212 valence electrons. The highest BCUT2D eigenvalue weighted by Gasteiger charge is 2.35. The van der Waals surface area contributed by atoms with Gasteiger partial charge in [-0.25, -0.2) is 17.2 Å². The predicted molar refractivity (Wildman–Crippen MR) is 126 cm³/mol. The molecule has 1 saturated carbocycles. The van der Waals surface area contributed by atoms with E-state index >= 15 is 0 Å². The molecule has 9 nitrogen and oxygen atoms in total. The van der Waals surface area contributed by atoms with Crippen LogP contribution in [0.15, 0.2) is 6.07 Å². The number of carbonyl (C=O) groups excluding carboxylic acids is 2. The molecule has 0 amide bonds. The number of Topliss-reactive ketones (excluding diaryl/α,β-unsaturated/α-hetero) is 2. The van der Waals surface area contributed by atoms with E-state index in [-0.39, 0.29) is 44.0 Å². The molecule has 2 fully saturated rings. The van der Waals surface area contributed by atoms with Crippen molar-refractivity contribution in [2.24, 2.45) is 5.92 Å². The molecule has 0 radical (unpaired) electrons. The maximum Gasteiger partial charge on any atom is 0.304 e. The second-order valence-corrected chi connectivity index (χ2v) is 11.8. The van der Waals surface area contributed by atoms with Crippen LogP contribution in [0.3, 0.4) is 0 Å². The Hall–Kier alpha value is -2.58. The normalized spacial score (nSPS) is 18.7. The van der Waals surface area contributed by atoms with E-state index in [1.807, 2.05) is 0 Å². The fourth-order valence-corrected chi connectivity index (χ4v) is 6.78. The summed E-state index contributed by atoms with van der Waals surface area (Å²) in [5, 5.41) is 8.74. The number of benzene rings is 1. The third-order valence-corrected chi connectivity index (χ3v) is 9.24. The standard InChI is InChI=1S/C24H30F4N2O7S/c25-18-12-19(26)23(28)24(22(18)27)37-14-20(32)15(11-21(33)34)10-16(31)13-29-6-8-30(9-7-29)38(35,36)17-4-2-1-3-5-17/h12,15,17H,1-11,13-14H2,(H,33,34)/t15-/m0/s1. The van der Waals surface area contributed by atoms with Crippen molar-refractivity contribution in [3.8, 4) is 5.75 Å². The van der Waals surface area contributed by atoms with Crippen LogP contribution in [0.2, 0.25) is 0 Å². The Morgan fingerprint density at radius 1 is 0.947 bits per heavy atom. The second kappa shape index (κ2) is 13.0. The van der Waals surface area contributed by atoms with Crippen LogP contribution in [0.1, 0.15) is 44.9 Å². The monoisotopic (exact) mass is 566 g/mol. The molecule has 0 spiro atoms. The number of nitrogens with zero attached hydrogens (tertiary/aromatic N) is 2. The summed E-state index contributed by atoms with van der Waals surface area (Å²) in [5.74, 6) is -13.0. The maximum atomic E-state index is 13.8. The van der Waals surface area contributed by atoms with Crippen LogP contribution in [0, 0.1) is 29.2 Å². The van der Waals surface area contributed by atoms with E-state index in [9.17, 15) is 40.4 Å². The highest BCUT2D eigenvalue weighted by molar-refractivity contribution is 7.89. The SMILES string of the molecule is O=C(O)C[C@H](CC(=O)CN1CCN(S(=O)(=O)C2CCCCC2)CC1)C(=O)COc1c(F)c(F)cc(F)c1F. The molecule has 38 heavy (non-hydrogen) atoms. The van der Waals surface area contributed by atoms with Crippen LogP contribution in [-0.2, 0) is 24.4 Å². The number of aliphatic carboxylic acids is 1. The molecule has 1 heterocycles. The summed E-state index contributed by atoms with van der Waals surface area (Å²) in [4.78, 5) is 38.1. The number of hydrogen-bond donors (Lipinski definition) is 1. The number of halogens is 4. The molecule has 2 aliphatic rings. The molecular weight excluding hydrogens is 536 g/mol. The van der Waals surface area contributed by atoms with Gasteiger partial charge in [0, 0.05) is 44.6 Å². The van der Waals surface area contributed by atoms with Crippen LogP contribution < -0.4 is 4.74 Å². The van der Waals surface area contributed by atoms with Gasteiger partial charge in [-0.2, -0.15) is 13.1 Å². The van der Waals surface area contributed by atoms with Gasteiger partial charge in [-0.15, -0.1) is 0 Å². The van der Waals surface area contributed by atoms with Gasteiger partial charge in [-0.3, -0.25) is 19.3 Å². The fraction of sp³-hybridized carbons (Fsp3) is 0.625. The van der Waals surface area contributed by atoms with E-state index in [2.05, 4.69) is 4.74 Å². The zero-order valence-electron chi connectivity index (χ0n) is 20.6. The van der Waals surface area contributed by atoms with Crippen LogP contribution in [0.5, 0.6) is 5.75 Å². The number of sulfonamides is 1. The smallest absolute Gasteiger partial charge is 0.304 e. The Balaban J connectivity index is 1.54. The lowest BCUT2D eigenvalue weighted by Gasteiger charge is -2.36. The molecule has 0 bridgehead atoms. The van der Waals surface area contributed by atoms with Crippen LogP contribution in [-0.4, -0.2) is 84.8 Å². The van der Waals surface area contributed by atoms with Crippen molar-refractivity contribution in [3.05, 3.63) is 29.3 Å². The number of rotatable bonds is 12. The van der Waals surface area contributed by atoms with Crippen molar-refractivity contribution in [3.63, 3.8) is 0 Å². The minimum atomic E-state index is -3.42. The Morgan fingerprint density at radius 3 is 2.08 bits per heavy atom.